The first-order chi connectivity index (χ1) is 8.07. The van der Waals surface area contributed by atoms with Crippen molar-refractivity contribution in [3.63, 3.8) is 0 Å². The van der Waals surface area contributed by atoms with Crippen LogP contribution >= 0.6 is 23.2 Å². The summed E-state index contributed by atoms with van der Waals surface area (Å²) in [7, 11) is 0. The number of hydrogen-bond acceptors (Lipinski definition) is 2. The number of carbonyl (C=O) groups excluding carboxylic acids is 2. The first kappa shape index (κ1) is 16.9. The van der Waals surface area contributed by atoms with Gasteiger partial charge in [-0.2, -0.15) is 0 Å². The van der Waals surface area contributed by atoms with Gasteiger partial charge in [-0.05, 0) is 29.6 Å². The van der Waals surface area contributed by atoms with Crippen molar-refractivity contribution in [2.24, 2.45) is 5.92 Å². The molecule has 17 heavy (non-hydrogen) atoms. The lowest BCUT2D eigenvalue weighted by atomic mass is 9.99. The van der Waals surface area contributed by atoms with Gasteiger partial charge in [0.05, 0.1) is 0 Å². The van der Waals surface area contributed by atoms with Gasteiger partial charge in [-0.1, -0.05) is 51.9 Å². The monoisotopic (exact) mass is 280 g/mol. The zero-order valence-corrected chi connectivity index (χ0v) is 12.0. The summed E-state index contributed by atoms with van der Waals surface area (Å²) in [6.45, 7) is 2.19. The lowest BCUT2D eigenvalue weighted by Crippen LogP contribution is -2.11. The van der Waals surface area contributed by atoms with Gasteiger partial charge in [-0.3, -0.25) is 9.59 Å². The molecule has 0 aliphatic rings. The number of rotatable bonds is 11. The molecule has 0 saturated heterocycles. The maximum Gasteiger partial charge on any atom is 0.225 e. The van der Waals surface area contributed by atoms with E-state index in [1.165, 1.54) is 32.1 Å². The molecule has 0 heterocycles. The van der Waals surface area contributed by atoms with E-state index in [0.29, 0.717) is 6.42 Å². The minimum absolute atomic E-state index is 0.0692. The molecular weight excluding hydrogens is 259 g/mol. The zero-order chi connectivity index (χ0) is 13.1. The molecular formula is C13H22Cl2O2. The summed E-state index contributed by atoms with van der Waals surface area (Å²) < 4.78 is 0. The van der Waals surface area contributed by atoms with Crippen molar-refractivity contribution in [1.82, 2.24) is 0 Å². The molecule has 2 nitrogen and oxygen atoms in total. The van der Waals surface area contributed by atoms with Crippen LogP contribution in [-0.4, -0.2) is 10.5 Å². The minimum Gasteiger partial charge on any atom is -0.281 e. The first-order valence-electron chi connectivity index (χ1n) is 6.45. The van der Waals surface area contributed by atoms with Gasteiger partial charge in [0.15, 0.2) is 0 Å². The van der Waals surface area contributed by atoms with Gasteiger partial charge in [0, 0.05) is 12.3 Å². The van der Waals surface area contributed by atoms with Crippen molar-refractivity contribution in [1.29, 1.82) is 0 Å². The van der Waals surface area contributed by atoms with Gasteiger partial charge in [-0.25, -0.2) is 0 Å². The Hall–Kier alpha value is -0.0800. The largest absolute Gasteiger partial charge is 0.281 e. The highest BCUT2D eigenvalue weighted by molar-refractivity contribution is 6.66. The van der Waals surface area contributed by atoms with Crippen LogP contribution < -0.4 is 0 Å². The summed E-state index contributed by atoms with van der Waals surface area (Å²) >= 11 is 10.7. The fourth-order valence-corrected chi connectivity index (χ4v) is 2.21. The Labute approximate surface area is 114 Å². The average Bonchev–Trinajstić information content (AvgIpc) is 2.25. The highest BCUT2D eigenvalue weighted by atomic mass is 35.5. The average molecular weight is 281 g/mol. The maximum absolute atomic E-state index is 11.0. The molecule has 0 N–H and O–H groups in total. The summed E-state index contributed by atoms with van der Waals surface area (Å²) in [6.07, 6.45) is 9.06. The number of halogens is 2. The molecule has 0 radical (unpaired) electrons. The van der Waals surface area contributed by atoms with E-state index in [1.807, 2.05) is 0 Å². The predicted octanol–water partition coefficient (Wildman–Crippen LogP) is 4.66. The SMILES string of the molecule is CCCCCCCCCC(CC(=O)Cl)C(=O)Cl. The molecule has 0 bridgehead atoms. The second-order valence-corrected chi connectivity index (χ2v) is 5.26. The summed E-state index contributed by atoms with van der Waals surface area (Å²) in [4.78, 5) is 21.8. The molecule has 1 atom stereocenters. The Bertz CT molecular complexity index is 229. The van der Waals surface area contributed by atoms with Crippen molar-refractivity contribution in [3.05, 3.63) is 0 Å². The van der Waals surface area contributed by atoms with E-state index in [-0.39, 0.29) is 6.42 Å². The summed E-state index contributed by atoms with van der Waals surface area (Å²) in [6, 6.07) is 0. The normalized spacial score (nSPS) is 12.4. The molecule has 0 aromatic carbocycles. The molecule has 4 heteroatoms. The Morgan fingerprint density at radius 1 is 0.941 bits per heavy atom. The lowest BCUT2D eigenvalue weighted by molar-refractivity contribution is -0.120. The van der Waals surface area contributed by atoms with Crippen LogP contribution in [0.4, 0.5) is 0 Å². The Morgan fingerprint density at radius 2 is 1.47 bits per heavy atom. The van der Waals surface area contributed by atoms with Crippen LogP contribution in [0.5, 0.6) is 0 Å². The second kappa shape index (κ2) is 11.0. The third kappa shape index (κ3) is 10.8. The fourth-order valence-electron chi connectivity index (χ4n) is 1.84. The van der Waals surface area contributed by atoms with Crippen LogP contribution in [-0.2, 0) is 9.59 Å². The topological polar surface area (TPSA) is 34.1 Å². The maximum atomic E-state index is 11.0. The zero-order valence-electron chi connectivity index (χ0n) is 10.5. The van der Waals surface area contributed by atoms with Gasteiger partial charge >= 0.3 is 0 Å². The van der Waals surface area contributed by atoms with Gasteiger partial charge in [0.2, 0.25) is 10.5 Å². The van der Waals surface area contributed by atoms with E-state index in [4.69, 9.17) is 23.2 Å². The van der Waals surface area contributed by atoms with E-state index in [0.717, 1.165) is 12.8 Å². The van der Waals surface area contributed by atoms with Crippen molar-refractivity contribution in [3.8, 4) is 0 Å². The van der Waals surface area contributed by atoms with Gasteiger partial charge in [0.1, 0.15) is 0 Å². The van der Waals surface area contributed by atoms with Crippen LogP contribution in [0.25, 0.3) is 0 Å². The molecule has 0 aromatic heterocycles. The van der Waals surface area contributed by atoms with E-state index in [2.05, 4.69) is 6.92 Å². The Morgan fingerprint density at radius 3 is 1.94 bits per heavy atom. The quantitative estimate of drug-likeness (QED) is 0.407. The number of hydrogen-bond donors (Lipinski definition) is 0. The third-order valence-electron chi connectivity index (χ3n) is 2.88. The highest BCUT2D eigenvalue weighted by Crippen LogP contribution is 2.19. The van der Waals surface area contributed by atoms with Crippen LogP contribution in [0.3, 0.4) is 0 Å². The van der Waals surface area contributed by atoms with E-state index in [1.54, 1.807) is 0 Å². The molecule has 0 aliphatic carbocycles. The van der Waals surface area contributed by atoms with E-state index in [9.17, 15) is 9.59 Å². The molecule has 0 rings (SSSR count). The second-order valence-electron chi connectivity index (χ2n) is 4.47. The van der Waals surface area contributed by atoms with Crippen LogP contribution in [0.1, 0.15) is 64.7 Å². The molecule has 0 spiro atoms. The highest BCUT2D eigenvalue weighted by Gasteiger charge is 2.18. The first-order valence-corrected chi connectivity index (χ1v) is 7.21. The molecule has 100 valence electrons. The van der Waals surface area contributed by atoms with Crippen molar-refractivity contribution >= 4 is 33.7 Å². The van der Waals surface area contributed by atoms with Gasteiger partial charge in [0.25, 0.3) is 0 Å². The van der Waals surface area contributed by atoms with Crippen molar-refractivity contribution in [2.45, 2.75) is 64.7 Å². The molecule has 0 aromatic rings. The summed E-state index contributed by atoms with van der Waals surface area (Å²) in [5.74, 6) is -0.391. The number of carbonyl (C=O) groups is 2. The third-order valence-corrected chi connectivity index (χ3v) is 3.35. The molecule has 0 aliphatic heterocycles. The Kier molecular flexibility index (Phi) is 11.0. The summed E-state index contributed by atoms with van der Waals surface area (Å²) in [5, 5.41) is -0.920. The minimum atomic E-state index is -0.480. The van der Waals surface area contributed by atoms with Gasteiger partial charge < -0.3 is 0 Å². The van der Waals surface area contributed by atoms with E-state index < -0.39 is 16.4 Å². The standard InChI is InChI=1S/C13H22Cl2O2/c1-2-3-4-5-6-7-8-9-11(13(15)17)10-12(14)16/h11H,2-10H2,1H3. The lowest BCUT2D eigenvalue weighted by Gasteiger charge is -2.09. The smallest absolute Gasteiger partial charge is 0.225 e. The van der Waals surface area contributed by atoms with Crippen molar-refractivity contribution < 1.29 is 9.59 Å². The Balaban J connectivity index is 3.55. The molecule has 1 unspecified atom stereocenters. The van der Waals surface area contributed by atoms with Crippen LogP contribution in [0.2, 0.25) is 0 Å². The van der Waals surface area contributed by atoms with E-state index >= 15 is 0 Å². The molecule has 0 amide bonds. The van der Waals surface area contributed by atoms with Crippen molar-refractivity contribution in [2.75, 3.05) is 0 Å². The molecule has 0 saturated carbocycles. The predicted molar refractivity (Wildman–Crippen MR) is 72.4 cm³/mol. The van der Waals surface area contributed by atoms with Crippen LogP contribution in [0, 0.1) is 5.92 Å². The number of unbranched alkanes of at least 4 members (excludes halogenated alkanes) is 6. The van der Waals surface area contributed by atoms with Crippen LogP contribution in [0.15, 0.2) is 0 Å². The molecule has 0 fully saturated rings. The summed E-state index contributed by atoms with van der Waals surface area (Å²) in [5.41, 5.74) is 0. The fraction of sp³-hybridized carbons (Fsp3) is 0.846. The van der Waals surface area contributed by atoms with Gasteiger partial charge in [-0.15, -0.1) is 0 Å².